The number of nitrogens with one attached hydrogen (secondary N) is 1. The second kappa shape index (κ2) is 19.6. The molecule has 4 N–H and O–H groups in total. The van der Waals surface area contributed by atoms with Crippen molar-refractivity contribution < 1.29 is 23.7 Å². The van der Waals surface area contributed by atoms with E-state index in [2.05, 4.69) is 57.5 Å². The van der Waals surface area contributed by atoms with Crippen molar-refractivity contribution in [1.82, 2.24) is 35.6 Å². The van der Waals surface area contributed by atoms with Crippen molar-refractivity contribution in [3.63, 3.8) is 0 Å². The van der Waals surface area contributed by atoms with Gasteiger partial charge in [0.15, 0.2) is 0 Å². The Balaban J connectivity index is 0.000000164. The summed E-state index contributed by atoms with van der Waals surface area (Å²) in [7, 11) is 0. The minimum atomic E-state index is -0.975. The zero-order valence-electron chi connectivity index (χ0n) is 32.5. The number of nitrogens with zero attached hydrogens (tertiary/aromatic N) is 10. The number of piperidine rings is 2. The molecule has 1 amide bonds. The summed E-state index contributed by atoms with van der Waals surface area (Å²) in [6.07, 6.45) is 7.24. The Morgan fingerprint density at radius 2 is 1.29 bits per heavy atom. The number of benzene rings is 2. The molecular formula is C42H42N12O5. The van der Waals surface area contributed by atoms with Gasteiger partial charge in [-0.25, -0.2) is 14.8 Å². The molecule has 0 spiro atoms. The van der Waals surface area contributed by atoms with E-state index < -0.39 is 5.97 Å². The molecule has 2 fully saturated rings. The van der Waals surface area contributed by atoms with E-state index >= 15 is 0 Å². The van der Waals surface area contributed by atoms with Gasteiger partial charge in [-0.2, -0.15) is 20.5 Å². The number of nitriles is 2. The Kier molecular flexibility index (Phi) is 13.7. The van der Waals surface area contributed by atoms with Crippen LogP contribution in [0.15, 0.2) is 94.2 Å². The first-order valence-electron chi connectivity index (χ1n) is 18.9. The second-order valence-corrected chi connectivity index (χ2v) is 13.9. The molecule has 2 unspecified atom stereocenters. The summed E-state index contributed by atoms with van der Waals surface area (Å²) in [5, 5.41) is 37.1. The van der Waals surface area contributed by atoms with E-state index in [1.54, 1.807) is 62.6 Å². The maximum absolute atomic E-state index is 12.8. The average Bonchev–Trinajstić information content (AvgIpc) is 3.92. The highest BCUT2D eigenvalue weighted by atomic mass is 16.5. The number of hydrogen-bond donors (Lipinski definition) is 3. The van der Waals surface area contributed by atoms with Crippen LogP contribution in [0.5, 0.6) is 0 Å². The first kappa shape index (κ1) is 41.1. The number of rotatable bonds is 7. The highest BCUT2D eigenvalue weighted by Crippen LogP contribution is 2.21. The van der Waals surface area contributed by atoms with Gasteiger partial charge in [-0.05, 0) is 74.2 Å². The third-order valence-electron chi connectivity index (χ3n) is 9.42. The lowest BCUT2D eigenvalue weighted by molar-refractivity contribution is 0.0696. The molecule has 17 heteroatoms. The number of aromatic carboxylic acids is 1. The quantitative estimate of drug-likeness (QED) is 0.185. The van der Waals surface area contributed by atoms with Crippen molar-refractivity contribution in [3.05, 3.63) is 119 Å². The van der Waals surface area contributed by atoms with Crippen molar-refractivity contribution in [2.45, 2.75) is 51.6 Å². The molecule has 2 aliphatic rings. The molecule has 17 nitrogen and oxygen atoms in total. The summed E-state index contributed by atoms with van der Waals surface area (Å²) in [5.74, 6) is 2.42. The topological polar surface area (TPSA) is 250 Å². The zero-order valence-corrected chi connectivity index (χ0v) is 32.5. The van der Waals surface area contributed by atoms with Gasteiger partial charge in [0.2, 0.25) is 23.4 Å². The largest absolute Gasteiger partial charge is 0.478 e. The van der Waals surface area contributed by atoms with E-state index in [-0.39, 0.29) is 23.6 Å². The molecule has 300 valence electrons. The highest BCUT2D eigenvalue weighted by molar-refractivity contribution is 5.95. The van der Waals surface area contributed by atoms with Gasteiger partial charge in [-0.3, -0.25) is 4.79 Å². The van der Waals surface area contributed by atoms with Gasteiger partial charge in [0, 0.05) is 81.2 Å². The van der Waals surface area contributed by atoms with Crippen LogP contribution >= 0.6 is 0 Å². The fourth-order valence-corrected chi connectivity index (χ4v) is 6.49. The molecule has 2 aliphatic heterocycles. The maximum atomic E-state index is 12.8. The number of pyridine rings is 2. The summed E-state index contributed by atoms with van der Waals surface area (Å²) in [4.78, 5) is 44.7. The van der Waals surface area contributed by atoms with Crippen LogP contribution in [0.2, 0.25) is 0 Å². The second-order valence-electron chi connectivity index (χ2n) is 13.9. The molecule has 2 saturated heterocycles. The third-order valence-corrected chi connectivity index (χ3v) is 9.42. The van der Waals surface area contributed by atoms with Crippen molar-refractivity contribution in [2.24, 2.45) is 5.73 Å². The normalized spacial score (nSPS) is 15.9. The van der Waals surface area contributed by atoms with Crippen molar-refractivity contribution in [1.29, 1.82) is 10.5 Å². The van der Waals surface area contributed by atoms with E-state index in [1.807, 2.05) is 24.3 Å². The van der Waals surface area contributed by atoms with Crippen molar-refractivity contribution >= 4 is 23.5 Å². The van der Waals surface area contributed by atoms with E-state index in [9.17, 15) is 9.59 Å². The number of carboxylic acids is 1. The summed E-state index contributed by atoms with van der Waals surface area (Å²) < 4.78 is 9.83. The van der Waals surface area contributed by atoms with Gasteiger partial charge in [-0.1, -0.05) is 34.6 Å². The molecule has 4 aromatic heterocycles. The third kappa shape index (κ3) is 11.3. The number of carbonyl (C=O) groups excluding carboxylic acids is 1. The Morgan fingerprint density at radius 3 is 1.76 bits per heavy atom. The Morgan fingerprint density at radius 1 is 0.763 bits per heavy atom. The summed E-state index contributed by atoms with van der Waals surface area (Å²) in [6, 6.07) is 25.3. The molecule has 6 heterocycles. The summed E-state index contributed by atoms with van der Waals surface area (Å²) in [5.41, 5.74) is 9.16. The van der Waals surface area contributed by atoms with Crippen LogP contribution in [0.4, 0.5) is 11.6 Å². The van der Waals surface area contributed by atoms with E-state index in [4.69, 9.17) is 30.4 Å². The number of nitrogens with two attached hydrogens (primary N) is 1. The molecule has 6 aromatic rings. The van der Waals surface area contributed by atoms with Crippen LogP contribution in [0, 0.1) is 36.5 Å². The van der Waals surface area contributed by atoms with Gasteiger partial charge >= 0.3 is 5.97 Å². The molecule has 0 radical (unpaired) electrons. The van der Waals surface area contributed by atoms with Crippen LogP contribution in [-0.2, 0) is 0 Å². The summed E-state index contributed by atoms with van der Waals surface area (Å²) >= 11 is 0. The number of aryl methyl sites for hydroxylation is 2. The monoisotopic (exact) mass is 794 g/mol. The molecule has 8 rings (SSSR count). The van der Waals surface area contributed by atoms with E-state index in [0.717, 1.165) is 62.5 Å². The molecule has 2 atom stereocenters. The van der Waals surface area contributed by atoms with Gasteiger partial charge in [-0.15, -0.1) is 0 Å². The predicted octanol–water partition coefficient (Wildman–Crippen LogP) is 5.33. The number of anilines is 2. The SMILES string of the molecule is Cc1nc(-c2cccc(C(=O)NC3CCCN(c4ccc(C#N)cn4)C3)c2)no1.Cc1nc(-c2cccc(C(=O)O)c2)no1.N#Cc1ccc(N2CCCC(N)C2)nc1. The molecule has 0 saturated carbocycles. The van der Waals surface area contributed by atoms with Crippen LogP contribution < -0.4 is 20.9 Å². The zero-order chi connectivity index (χ0) is 41.7. The van der Waals surface area contributed by atoms with Crippen LogP contribution in [0.3, 0.4) is 0 Å². The smallest absolute Gasteiger partial charge is 0.335 e. The molecular weight excluding hydrogens is 753 g/mol. The van der Waals surface area contributed by atoms with Crippen LogP contribution in [-0.4, -0.2) is 85.5 Å². The summed E-state index contributed by atoms with van der Waals surface area (Å²) in [6.45, 7) is 6.82. The number of amides is 1. The maximum Gasteiger partial charge on any atom is 0.335 e. The van der Waals surface area contributed by atoms with Crippen LogP contribution in [0.1, 0.15) is 69.3 Å². The fourth-order valence-electron chi connectivity index (χ4n) is 6.49. The van der Waals surface area contributed by atoms with Crippen molar-refractivity contribution in [2.75, 3.05) is 36.0 Å². The van der Waals surface area contributed by atoms with Gasteiger partial charge < -0.3 is 35.0 Å². The van der Waals surface area contributed by atoms with Gasteiger partial charge in [0.25, 0.3) is 5.91 Å². The first-order valence-corrected chi connectivity index (χ1v) is 18.9. The highest BCUT2D eigenvalue weighted by Gasteiger charge is 2.23. The number of hydrogen-bond acceptors (Lipinski definition) is 15. The van der Waals surface area contributed by atoms with Crippen LogP contribution in [0.25, 0.3) is 22.8 Å². The van der Waals surface area contributed by atoms with Gasteiger partial charge in [0.05, 0.1) is 16.7 Å². The first-order chi connectivity index (χ1) is 28.6. The average molecular weight is 795 g/mol. The lowest BCUT2D eigenvalue weighted by Gasteiger charge is -2.34. The minimum absolute atomic E-state index is 0.0183. The number of aromatic nitrogens is 6. The lowest BCUT2D eigenvalue weighted by atomic mass is 10.0. The number of carbonyl (C=O) groups is 2. The lowest BCUT2D eigenvalue weighted by Crippen LogP contribution is -2.48. The Labute approximate surface area is 340 Å². The van der Waals surface area contributed by atoms with E-state index in [0.29, 0.717) is 52.2 Å². The van der Waals surface area contributed by atoms with Crippen molar-refractivity contribution in [3.8, 4) is 34.9 Å². The fraction of sp³-hybridized carbons (Fsp3) is 0.286. The predicted molar refractivity (Wildman–Crippen MR) is 216 cm³/mol. The molecule has 59 heavy (non-hydrogen) atoms. The number of carboxylic acid groups (broad SMARTS) is 1. The molecule has 2 aromatic carbocycles. The van der Waals surface area contributed by atoms with E-state index in [1.165, 1.54) is 12.1 Å². The van der Waals surface area contributed by atoms with Gasteiger partial charge in [0.1, 0.15) is 23.8 Å². The minimum Gasteiger partial charge on any atom is -0.478 e. The Bertz CT molecular complexity index is 2440. The standard InChI is InChI=1S/C21H20N6O2.C11H14N4.C10H8N2O3/c1-14-24-20(26-29-14)16-4-2-5-17(10-16)21(28)25-18-6-3-9-27(13-18)19-8-7-15(11-22)12-23-19;12-6-9-3-4-11(14-7-9)15-5-1-2-10(13)8-15;1-6-11-9(12-15-6)7-3-2-4-8(5-7)10(13)14/h2,4-5,7-8,10,12,18H,3,6,9,13H2,1H3,(H,25,28);3-4,7,10H,1-2,5,8,13H2;2-5H,1H3,(H,13,14). The molecule has 0 aliphatic carbocycles. The Hall–Kier alpha value is -7.50. The molecule has 0 bridgehead atoms.